The van der Waals surface area contributed by atoms with Crippen LogP contribution in [0.5, 0.6) is 5.75 Å². The molecule has 0 bridgehead atoms. The molecule has 4 heteroatoms. The van der Waals surface area contributed by atoms with Gasteiger partial charge in [0.2, 0.25) is 0 Å². The summed E-state index contributed by atoms with van der Waals surface area (Å²) in [6.07, 6.45) is 7.33. The van der Waals surface area contributed by atoms with E-state index in [4.69, 9.17) is 4.74 Å². The first-order valence-corrected chi connectivity index (χ1v) is 6.58. The summed E-state index contributed by atoms with van der Waals surface area (Å²) in [5.74, 6) is 0.889. The van der Waals surface area contributed by atoms with E-state index in [2.05, 4.69) is 22.2 Å². The minimum absolute atomic E-state index is 0.889. The predicted octanol–water partition coefficient (Wildman–Crippen LogP) is 3.15. The number of rotatable bonds is 6. The van der Waals surface area contributed by atoms with E-state index in [1.165, 1.54) is 5.56 Å². The normalized spacial score (nSPS) is 10.7. The molecule has 0 aliphatic heterocycles. The molecule has 0 saturated carbocycles. The van der Waals surface area contributed by atoms with Crippen LogP contribution < -0.4 is 9.75 Å². The molecule has 0 atom stereocenters. The van der Waals surface area contributed by atoms with E-state index in [0.717, 1.165) is 24.3 Å². The van der Waals surface area contributed by atoms with Crippen LogP contribution >= 0.6 is 0 Å². The second kappa shape index (κ2) is 7.28. The largest absolute Gasteiger partial charge is 0.497 e. The maximum atomic E-state index is 5.14. The highest BCUT2D eigenvalue weighted by molar-refractivity contribution is 5.60. The van der Waals surface area contributed by atoms with Crippen LogP contribution in [0.4, 0.5) is 5.69 Å². The minimum Gasteiger partial charge on any atom is -0.497 e. The first-order valence-electron chi connectivity index (χ1n) is 6.58. The zero-order valence-electron chi connectivity index (χ0n) is 11.9. The van der Waals surface area contributed by atoms with Crippen molar-refractivity contribution in [2.24, 2.45) is 5.10 Å². The lowest BCUT2D eigenvalue weighted by Gasteiger charge is -2.11. The van der Waals surface area contributed by atoms with E-state index in [-0.39, 0.29) is 0 Å². The van der Waals surface area contributed by atoms with E-state index < -0.39 is 0 Å². The van der Waals surface area contributed by atoms with E-state index in [1.807, 2.05) is 42.5 Å². The maximum Gasteiger partial charge on any atom is 0.118 e. The molecule has 2 aromatic rings. The second-order valence-electron chi connectivity index (χ2n) is 4.41. The first kappa shape index (κ1) is 14.1. The Bertz CT molecular complexity index is 537. The molecule has 0 aliphatic carbocycles. The van der Waals surface area contributed by atoms with Gasteiger partial charge in [0.05, 0.1) is 12.8 Å². The number of anilines is 1. The zero-order chi connectivity index (χ0) is 14.2. The Morgan fingerprint density at radius 2 is 1.85 bits per heavy atom. The molecule has 20 heavy (non-hydrogen) atoms. The molecule has 0 spiro atoms. The number of aromatic nitrogens is 1. The Labute approximate surface area is 119 Å². The summed E-state index contributed by atoms with van der Waals surface area (Å²) in [6.45, 7) is 0. The van der Waals surface area contributed by atoms with Crippen molar-refractivity contribution in [1.29, 1.82) is 0 Å². The lowest BCUT2D eigenvalue weighted by atomic mass is 10.1. The van der Waals surface area contributed by atoms with Crippen LogP contribution in [-0.4, -0.2) is 25.4 Å². The molecule has 0 N–H and O–H groups in total. The highest BCUT2D eigenvalue weighted by Gasteiger charge is 1.96. The third-order valence-electron chi connectivity index (χ3n) is 3.01. The molecular formula is C16H19N3O. The van der Waals surface area contributed by atoms with Crippen molar-refractivity contribution >= 4 is 11.9 Å². The lowest BCUT2D eigenvalue weighted by Crippen LogP contribution is -2.08. The summed E-state index contributed by atoms with van der Waals surface area (Å²) in [7, 11) is 3.61. The molecule has 2 rings (SSSR count). The number of aryl methyl sites for hydroxylation is 1. The quantitative estimate of drug-likeness (QED) is 0.597. The predicted molar refractivity (Wildman–Crippen MR) is 82.4 cm³/mol. The van der Waals surface area contributed by atoms with Gasteiger partial charge in [-0.25, -0.2) is 0 Å². The van der Waals surface area contributed by atoms with Gasteiger partial charge < -0.3 is 4.74 Å². The summed E-state index contributed by atoms with van der Waals surface area (Å²) in [4.78, 5) is 3.99. The maximum absolute atomic E-state index is 5.14. The number of hydrazone groups is 1. The molecule has 104 valence electrons. The molecule has 1 heterocycles. The number of hydrogen-bond donors (Lipinski definition) is 0. The number of methoxy groups -OCH3 is 1. The van der Waals surface area contributed by atoms with Crippen LogP contribution in [0, 0.1) is 0 Å². The zero-order valence-corrected chi connectivity index (χ0v) is 11.9. The van der Waals surface area contributed by atoms with Crippen molar-refractivity contribution < 1.29 is 4.74 Å². The fraction of sp³-hybridized carbons (Fsp3) is 0.250. The molecule has 0 aliphatic rings. The van der Waals surface area contributed by atoms with Gasteiger partial charge in [-0.2, -0.15) is 5.10 Å². The van der Waals surface area contributed by atoms with Gasteiger partial charge in [-0.3, -0.25) is 9.99 Å². The third kappa shape index (κ3) is 4.09. The molecule has 1 aromatic heterocycles. The molecule has 1 aromatic carbocycles. The van der Waals surface area contributed by atoms with Crippen LogP contribution in [-0.2, 0) is 6.42 Å². The Hall–Kier alpha value is -2.36. The van der Waals surface area contributed by atoms with Gasteiger partial charge in [0.15, 0.2) is 0 Å². The van der Waals surface area contributed by atoms with Crippen molar-refractivity contribution in [2.75, 3.05) is 19.2 Å². The molecule has 0 amide bonds. The SMILES string of the molecule is COc1ccc(CCC=NN(C)c2ccncc2)cc1. The first-order chi connectivity index (χ1) is 9.79. The van der Waals surface area contributed by atoms with E-state index in [9.17, 15) is 0 Å². The van der Waals surface area contributed by atoms with Gasteiger partial charge in [0.1, 0.15) is 5.75 Å². The van der Waals surface area contributed by atoms with Crippen molar-refractivity contribution in [2.45, 2.75) is 12.8 Å². The van der Waals surface area contributed by atoms with Gasteiger partial charge in [-0.05, 0) is 42.7 Å². The van der Waals surface area contributed by atoms with E-state index in [1.54, 1.807) is 19.5 Å². The van der Waals surface area contributed by atoms with Crippen LogP contribution in [0.25, 0.3) is 0 Å². The van der Waals surface area contributed by atoms with Gasteiger partial charge >= 0.3 is 0 Å². The molecule has 0 saturated heterocycles. The fourth-order valence-electron chi connectivity index (χ4n) is 1.83. The second-order valence-corrected chi connectivity index (χ2v) is 4.41. The summed E-state index contributed by atoms with van der Waals surface area (Å²) in [5.41, 5.74) is 2.31. The van der Waals surface area contributed by atoms with Crippen LogP contribution in [0.2, 0.25) is 0 Å². The van der Waals surface area contributed by atoms with Crippen LogP contribution in [0.3, 0.4) is 0 Å². The monoisotopic (exact) mass is 269 g/mol. The average molecular weight is 269 g/mol. The average Bonchev–Trinajstić information content (AvgIpc) is 2.53. The number of ether oxygens (including phenoxy) is 1. The number of benzene rings is 1. The Balaban J connectivity index is 1.81. The van der Waals surface area contributed by atoms with E-state index >= 15 is 0 Å². The van der Waals surface area contributed by atoms with Crippen LogP contribution in [0.15, 0.2) is 53.9 Å². The molecule has 0 fully saturated rings. The van der Waals surface area contributed by atoms with Crippen molar-refractivity contribution in [1.82, 2.24) is 4.98 Å². The highest BCUT2D eigenvalue weighted by atomic mass is 16.5. The summed E-state index contributed by atoms with van der Waals surface area (Å²) in [5, 5.41) is 6.24. The fourth-order valence-corrected chi connectivity index (χ4v) is 1.83. The molecule has 4 nitrogen and oxygen atoms in total. The Morgan fingerprint density at radius 3 is 2.50 bits per heavy atom. The number of pyridine rings is 1. The topological polar surface area (TPSA) is 37.7 Å². The Morgan fingerprint density at radius 1 is 1.15 bits per heavy atom. The number of nitrogens with zero attached hydrogens (tertiary/aromatic N) is 3. The van der Waals surface area contributed by atoms with Crippen LogP contribution in [0.1, 0.15) is 12.0 Å². The molecule has 0 unspecified atom stereocenters. The van der Waals surface area contributed by atoms with E-state index in [0.29, 0.717) is 0 Å². The third-order valence-corrected chi connectivity index (χ3v) is 3.01. The standard InChI is InChI=1S/C16H19N3O/c1-19(15-9-12-17-13-10-15)18-11-3-4-14-5-7-16(20-2)8-6-14/h5-13H,3-4H2,1-2H3. The van der Waals surface area contributed by atoms with Gasteiger partial charge in [0.25, 0.3) is 0 Å². The minimum atomic E-state index is 0.889. The van der Waals surface area contributed by atoms with Gasteiger partial charge in [0, 0.05) is 25.7 Å². The smallest absolute Gasteiger partial charge is 0.118 e. The highest BCUT2D eigenvalue weighted by Crippen LogP contribution is 2.12. The summed E-state index contributed by atoms with van der Waals surface area (Å²) >= 11 is 0. The number of hydrogen-bond acceptors (Lipinski definition) is 4. The lowest BCUT2D eigenvalue weighted by molar-refractivity contribution is 0.414. The van der Waals surface area contributed by atoms with Crippen molar-refractivity contribution in [3.05, 3.63) is 54.4 Å². The molecule has 0 radical (unpaired) electrons. The summed E-state index contributed by atoms with van der Waals surface area (Å²) in [6, 6.07) is 12.0. The summed E-state index contributed by atoms with van der Waals surface area (Å²) < 4.78 is 5.14. The Kier molecular flexibility index (Phi) is 5.12. The van der Waals surface area contributed by atoms with Gasteiger partial charge in [-0.1, -0.05) is 12.1 Å². The van der Waals surface area contributed by atoms with Crippen molar-refractivity contribution in [3.8, 4) is 5.75 Å². The van der Waals surface area contributed by atoms with Crippen molar-refractivity contribution in [3.63, 3.8) is 0 Å². The van der Waals surface area contributed by atoms with Gasteiger partial charge in [-0.15, -0.1) is 0 Å². The molecular weight excluding hydrogens is 250 g/mol.